The van der Waals surface area contributed by atoms with Crippen molar-refractivity contribution in [3.8, 4) is 0 Å². The lowest BCUT2D eigenvalue weighted by molar-refractivity contribution is 0.483. The normalized spacial score (nSPS) is 11.2. The molecule has 2 aromatic rings. The summed E-state index contributed by atoms with van der Waals surface area (Å²) in [6.07, 6.45) is 0. The van der Waals surface area contributed by atoms with Gasteiger partial charge in [-0.3, -0.25) is 4.55 Å². The molecule has 21 heavy (non-hydrogen) atoms. The molecule has 0 aliphatic rings. The molecule has 9 nitrogen and oxygen atoms in total. The fourth-order valence-electron chi connectivity index (χ4n) is 1.51. The van der Waals surface area contributed by atoms with Crippen LogP contribution in [0.5, 0.6) is 0 Å². The molecule has 0 aliphatic carbocycles. The Morgan fingerprint density at radius 3 is 2.48 bits per heavy atom. The first-order valence-electron chi connectivity index (χ1n) is 5.53. The van der Waals surface area contributed by atoms with Crippen molar-refractivity contribution >= 4 is 45.0 Å². The number of anilines is 4. The van der Waals surface area contributed by atoms with Gasteiger partial charge in [0.1, 0.15) is 4.90 Å². The van der Waals surface area contributed by atoms with Gasteiger partial charge in [0, 0.05) is 12.7 Å². The molecule has 0 radical (unpaired) electrons. The molecule has 0 unspecified atom stereocenters. The van der Waals surface area contributed by atoms with Crippen LogP contribution in [0.4, 0.5) is 23.3 Å². The minimum absolute atomic E-state index is 0.0145. The van der Waals surface area contributed by atoms with Gasteiger partial charge >= 0.3 is 0 Å². The number of hydrogen-bond acceptors (Lipinski definition) is 8. The van der Waals surface area contributed by atoms with Crippen LogP contribution in [0.15, 0.2) is 23.1 Å². The number of nitrogens with one attached hydrogen (secondary N) is 2. The summed E-state index contributed by atoms with van der Waals surface area (Å²) in [7, 11) is -2.75. The van der Waals surface area contributed by atoms with Crippen molar-refractivity contribution in [1.29, 1.82) is 0 Å². The second-order valence-corrected chi connectivity index (χ2v) is 5.58. The Morgan fingerprint density at radius 2 is 1.90 bits per heavy atom. The van der Waals surface area contributed by atoms with Crippen LogP contribution < -0.4 is 16.4 Å². The number of benzene rings is 1. The number of nitrogens with two attached hydrogens (primary N) is 1. The fraction of sp³-hybridized carbons (Fsp3) is 0.100. The van der Waals surface area contributed by atoms with Crippen LogP contribution in [0.1, 0.15) is 0 Å². The molecule has 5 N–H and O–H groups in total. The molecule has 11 heteroatoms. The zero-order valence-electron chi connectivity index (χ0n) is 10.7. The first-order valence-corrected chi connectivity index (χ1v) is 7.35. The van der Waals surface area contributed by atoms with Crippen LogP contribution in [0.3, 0.4) is 0 Å². The second kappa shape index (κ2) is 5.68. The maximum atomic E-state index is 11.0. The number of nitrogen functional groups attached to an aromatic ring is 1. The van der Waals surface area contributed by atoms with Crippen LogP contribution in [0, 0.1) is 0 Å². The minimum atomic E-state index is -4.37. The van der Waals surface area contributed by atoms with E-state index < -0.39 is 10.1 Å². The van der Waals surface area contributed by atoms with Crippen molar-refractivity contribution in [2.75, 3.05) is 23.4 Å². The Morgan fingerprint density at radius 1 is 1.24 bits per heavy atom. The highest BCUT2D eigenvalue weighted by Gasteiger charge is 2.14. The van der Waals surface area contributed by atoms with E-state index in [1.807, 2.05) is 0 Å². The summed E-state index contributed by atoms with van der Waals surface area (Å²) >= 11 is 5.73. The van der Waals surface area contributed by atoms with Gasteiger partial charge in [0.05, 0.1) is 5.69 Å². The minimum Gasteiger partial charge on any atom is -0.398 e. The van der Waals surface area contributed by atoms with E-state index in [0.29, 0.717) is 5.69 Å². The number of halogens is 1. The molecule has 1 heterocycles. The Bertz CT molecular complexity index is 782. The van der Waals surface area contributed by atoms with E-state index in [1.165, 1.54) is 12.1 Å². The summed E-state index contributed by atoms with van der Waals surface area (Å²) in [6, 6.07) is 3.88. The number of hydrogen-bond donors (Lipinski definition) is 4. The standard InChI is InChI=1S/C10H11ClN6O3S/c1-13-9-15-8(11)16-10(17-9)14-5-2-3-7(6(12)4-5)21(18,19)20/h2-4H,12H2,1H3,(H,18,19,20)(H2,13,14,15,16,17). The van der Waals surface area contributed by atoms with Crippen molar-refractivity contribution in [3.05, 3.63) is 23.5 Å². The van der Waals surface area contributed by atoms with E-state index in [4.69, 9.17) is 21.9 Å². The average Bonchev–Trinajstić information content (AvgIpc) is 2.36. The van der Waals surface area contributed by atoms with Crippen molar-refractivity contribution in [3.63, 3.8) is 0 Å². The third kappa shape index (κ3) is 3.68. The van der Waals surface area contributed by atoms with E-state index >= 15 is 0 Å². The third-order valence-electron chi connectivity index (χ3n) is 2.38. The fourth-order valence-corrected chi connectivity index (χ4v) is 2.26. The van der Waals surface area contributed by atoms with E-state index in [9.17, 15) is 8.42 Å². The highest BCUT2D eigenvalue weighted by molar-refractivity contribution is 7.86. The molecule has 0 aliphatic heterocycles. The van der Waals surface area contributed by atoms with Crippen molar-refractivity contribution in [1.82, 2.24) is 15.0 Å². The van der Waals surface area contributed by atoms with Crippen LogP contribution >= 0.6 is 11.6 Å². The van der Waals surface area contributed by atoms with Gasteiger partial charge in [-0.2, -0.15) is 23.4 Å². The van der Waals surface area contributed by atoms with E-state index in [-0.39, 0.29) is 27.8 Å². The zero-order chi connectivity index (χ0) is 15.6. The highest BCUT2D eigenvalue weighted by atomic mass is 35.5. The van der Waals surface area contributed by atoms with Crippen molar-refractivity contribution in [2.24, 2.45) is 0 Å². The molecule has 2 rings (SSSR count). The molecule has 0 amide bonds. The molecule has 0 saturated carbocycles. The molecule has 1 aromatic heterocycles. The van der Waals surface area contributed by atoms with Gasteiger partial charge in [0.2, 0.25) is 17.2 Å². The van der Waals surface area contributed by atoms with Gasteiger partial charge in [-0.1, -0.05) is 0 Å². The smallest absolute Gasteiger partial charge is 0.296 e. The lowest BCUT2D eigenvalue weighted by atomic mass is 10.3. The second-order valence-electron chi connectivity index (χ2n) is 3.85. The molecule has 112 valence electrons. The Balaban J connectivity index is 2.33. The molecular formula is C10H11ClN6O3S. The van der Waals surface area contributed by atoms with Crippen LogP contribution in [-0.4, -0.2) is 35.0 Å². The lowest BCUT2D eigenvalue weighted by Crippen LogP contribution is -2.06. The average molecular weight is 331 g/mol. The molecule has 0 bridgehead atoms. The monoisotopic (exact) mass is 330 g/mol. The summed E-state index contributed by atoms with van der Waals surface area (Å²) in [5.41, 5.74) is 5.88. The van der Waals surface area contributed by atoms with Crippen molar-refractivity contribution in [2.45, 2.75) is 4.90 Å². The Labute approximate surface area is 125 Å². The lowest BCUT2D eigenvalue weighted by Gasteiger charge is -2.08. The van der Waals surface area contributed by atoms with E-state index in [1.54, 1.807) is 7.05 Å². The molecular weight excluding hydrogens is 320 g/mol. The first-order chi connectivity index (χ1) is 9.79. The van der Waals surface area contributed by atoms with Gasteiger partial charge in [-0.25, -0.2) is 0 Å². The molecule has 0 saturated heterocycles. The first kappa shape index (κ1) is 15.2. The van der Waals surface area contributed by atoms with Gasteiger partial charge in [-0.05, 0) is 29.8 Å². The van der Waals surface area contributed by atoms with Gasteiger partial charge < -0.3 is 16.4 Å². The Kier molecular flexibility index (Phi) is 4.11. The zero-order valence-corrected chi connectivity index (χ0v) is 12.3. The SMILES string of the molecule is CNc1nc(Cl)nc(Nc2ccc(S(=O)(=O)O)c(N)c2)n1. The maximum absolute atomic E-state index is 11.0. The van der Waals surface area contributed by atoms with E-state index in [2.05, 4.69) is 25.6 Å². The molecule has 0 fully saturated rings. The summed E-state index contributed by atoms with van der Waals surface area (Å²) < 4.78 is 31.1. The summed E-state index contributed by atoms with van der Waals surface area (Å²) in [5, 5.41) is 5.49. The predicted molar refractivity (Wildman–Crippen MR) is 78.3 cm³/mol. The third-order valence-corrected chi connectivity index (χ3v) is 3.47. The molecule has 0 spiro atoms. The van der Waals surface area contributed by atoms with Crippen molar-refractivity contribution < 1.29 is 13.0 Å². The van der Waals surface area contributed by atoms with Gasteiger partial charge in [-0.15, -0.1) is 0 Å². The largest absolute Gasteiger partial charge is 0.398 e. The van der Waals surface area contributed by atoms with E-state index in [0.717, 1.165) is 6.07 Å². The maximum Gasteiger partial charge on any atom is 0.296 e. The number of nitrogens with zero attached hydrogens (tertiary/aromatic N) is 3. The van der Waals surface area contributed by atoms with Gasteiger partial charge in [0.15, 0.2) is 0 Å². The number of aromatic nitrogens is 3. The highest BCUT2D eigenvalue weighted by Crippen LogP contribution is 2.24. The van der Waals surface area contributed by atoms with Crippen LogP contribution in [-0.2, 0) is 10.1 Å². The Hall–Kier alpha value is -2.17. The molecule has 1 aromatic carbocycles. The van der Waals surface area contributed by atoms with Crippen LogP contribution in [0.2, 0.25) is 5.28 Å². The van der Waals surface area contributed by atoms with Crippen LogP contribution in [0.25, 0.3) is 0 Å². The summed E-state index contributed by atoms with van der Waals surface area (Å²) in [6.45, 7) is 0. The topological polar surface area (TPSA) is 143 Å². The summed E-state index contributed by atoms with van der Waals surface area (Å²) in [4.78, 5) is 11.3. The quantitative estimate of drug-likeness (QED) is 0.479. The predicted octanol–water partition coefficient (Wildman–Crippen LogP) is 1.14. The number of rotatable bonds is 4. The summed E-state index contributed by atoms with van der Waals surface area (Å²) in [5.74, 6) is 0.415. The van der Waals surface area contributed by atoms with Gasteiger partial charge in [0.25, 0.3) is 10.1 Å². The molecule has 0 atom stereocenters.